The molecule has 4 fully saturated rings. The molecule has 2 saturated heterocycles. The van der Waals surface area contributed by atoms with Gasteiger partial charge in [0.25, 0.3) is 0 Å². The topological polar surface area (TPSA) is 71.0 Å². The predicted octanol–water partition coefficient (Wildman–Crippen LogP) is 1.81. The van der Waals surface area contributed by atoms with Gasteiger partial charge in [-0.1, -0.05) is 12.8 Å². The lowest BCUT2D eigenvalue weighted by Crippen LogP contribution is -2.70. The molecule has 4 rings (SSSR count). The zero-order chi connectivity index (χ0) is 18.6. The van der Waals surface area contributed by atoms with E-state index in [0.29, 0.717) is 37.7 Å². The van der Waals surface area contributed by atoms with E-state index in [-0.39, 0.29) is 11.2 Å². The number of ether oxygens (including phenoxy) is 1. The third kappa shape index (κ3) is 2.68. The van der Waals surface area contributed by atoms with E-state index in [0.717, 1.165) is 19.0 Å². The molecule has 1 spiro atoms. The molecule has 0 aromatic rings. The van der Waals surface area contributed by atoms with Crippen LogP contribution in [0.2, 0.25) is 0 Å². The van der Waals surface area contributed by atoms with Crippen molar-refractivity contribution in [1.82, 2.24) is 10.2 Å². The molecule has 0 aromatic heterocycles. The maximum atomic E-state index is 12.4. The van der Waals surface area contributed by atoms with Crippen LogP contribution in [0.5, 0.6) is 0 Å². The van der Waals surface area contributed by atoms with Gasteiger partial charge in [0, 0.05) is 43.6 Å². The Labute approximate surface area is 157 Å². The first-order valence-electron chi connectivity index (χ1n) is 10.2. The van der Waals surface area contributed by atoms with Crippen LogP contribution in [0.15, 0.2) is 4.99 Å². The van der Waals surface area contributed by atoms with Gasteiger partial charge in [0.2, 0.25) is 0 Å². The van der Waals surface area contributed by atoms with Gasteiger partial charge >= 0.3 is 0 Å². The molecule has 2 heterocycles. The molecule has 2 aliphatic heterocycles. The smallest absolute Gasteiger partial charge is 0.194 e. The van der Waals surface area contributed by atoms with Crippen molar-refractivity contribution < 1.29 is 13.2 Å². The highest BCUT2D eigenvalue weighted by atomic mass is 32.2. The number of fused-ring (bicyclic) bond motifs is 2. The van der Waals surface area contributed by atoms with E-state index in [9.17, 15) is 8.42 Å². The summed E-state index contributed by atoms with van der Waals surface area (Å²) in [4.78, 5) is 6.91. The highest BCUT2D eigenvalue weighted by molar-refractivity contribution is 7.92. The molecule has 0 bridgehead atoms. The molecular formula is C19H33N3O3S. The SMILES string of the molecule is CCN=C(NC1C2CCOC2C12CCCC2)N1CCS(=O)(=O)C(C)(C)C1. The van der Waals surface area contributed by atoms with Gasteiger partial charge in [-0.25, -0.2) is 8.42 Å². The van der Waals surface area contributed by atoms with Crippen molar-refractivity contribution in [3.63, 3.8) is 0 Å². The molecule has 26 heavy (non-hydrogen) atoms. The van der Waals surface area contributed by atoms with Crippen LogP contribution in [-0.2, 0) is 14.6 Å². The van der Waals surface area contributed by atoms with Crippen LogP contribution < -0.4 is 5.32 Å². The molecule has 0 amide bonds. The largest absolute Gasteiger partial charge is 0.377 e. The third-order valence-corrected chi connectivity index (χ3v) is 9.75. The summed E-state index contributed by atoms with van der Waals surface area (Å²) in [7, 11) is -3.04. The number of nitrogens with one attached hydrogen (secondary N) is 1. The van der Waals surface area contributed by atoms with E-state index >= 15 is 0 Å². The van der Waals surface area contributed by atoms with Gasteiger partial charge in [0.15, 0.2) is 15.8 Å². The highest BCUT2D eigenvalue weighted by Crippen LogP contribution is 2.60. The van der Waals surface area contributed by atoms with Gasteiger partial charge in [-0.15, -0.1) is 0 Å². The van der Waals surface area contributed by atoms with Crippen LogP contribution in [0.4, 0.5) is 0 Å². The van der Waals surface area contributed by atoms with E-state index < -0.39 is 14.6 Å². The second kappa shape index (κ2) is 6.36. The molecule has 148 valence electrons. The zero-order valence-corrected chi connectivity index (χ0v) is 17.1. The monoisotopic (exact) mass is 383 g/mol. The first-order valence-corrected chi connectivity index (χ1v) is 11.9. The second-order valence-corrected chi connectivity index (χ2v) is 11.8. The molecule has 0 radical (unpaired) electrons. The average molecular weight is 384 g/mol. The van der Waals surface area contributed by atoms with Crippen LogP contribution in [-0.4, -0.2) is 68.2 Å². The van der Waals surface area contributed by atoms with E-state index in [1.807, 2.05) is 20.8 Å². The lowest BCUT2D eigenvalue weighted by molar-refractivity contribution is -0.125. The van der Waals surface area contributed by atoms with Crippen LogP contribution >= 0.6 is 0 Å². The summed E-state index contributed by atoms with van der Waals surface area (Å²) in [5.41, 5.74) is 0.271. The minimum Gasteiger partial charge on any atom is -0.377 e. The number of rotatable bonds is 2. The minimum absolute atomic E-state index is 0.204. The molecule has 7 heteroatoms. The summed E-state index contributed by atoms with van der Waals surface area (Å²) in [5, 5.41) is 3.79. The molecule has 2 aliphatic carbocycles. The van der Waals surface area contributed by atoms with Crippen molar-refractivity contribution in [3.05, 3.63) is 0 Å². The Balaban J connectivity index is 1.54. The first-order chi connectivity index (χ1) is 12.3. The number of hydrogen-bond donors (Lipinski definition) is 1. The van der Waals surface area contributed by atoms with Crippen molar-refractivity contribution in [2.24, 2.45) is 16.3 Å². The molecular weight excluding hydrogens is 350 g/mol. The van der Waals surface area contributed by atoms with Gasteiger partial charge in [0.05, 0.1) is 16.6 Å². The Morgan fingerprint density at radius 1 is 1.31 bits per heavy atom. The van der Waals surface area contributed by atoms with Gasteiger partial charge in [-0.3, -0.25) is 4.99 Å². The Morgan fingerprint density at radius 3 is 2.69 bits per heavy atom. The lowest BCUT2D eigenvalue weighted by atomic mass is 9.54. The van der Waals surface area contributed by atoms with Gasteiger partial charge in [-0.2, -0.15) is 0 Å². The van der Waals surface area contributed by atoms with Crippen molar-refractivity contribution in [2.75, 3.05) is 32.0 Å². The normalized spacial score (nSPS) is 37.4. The summed E-state index contributed by atoms with van der Waals surface area (Å²) in [5.74, 6) is 1.68. The second-order valence-electron chi connectivity index (χ2n) is 9.10. The van der Waals surface area contributed by atoms with Crippen LogP contribution in [0.25, 0.3) is 0 Å². The summed E-state index contributed by atoms with van der Waals surface area (Å²) in [6.45, 7) is 8.33. The molecule has 1 N–H and O–H groups in total. The Bertz CT molecular complexity index is 682. The molecule has 3 unspecified atom stereocenters. The predicted molar refractivity (Wildman–Crippen MR) is 103 cm³/mol. The standard InChI is InChI=1S/C19H33N3O3S/c1-4-20-17(22-10-12-26(23,24)18(2,3)13-22)21-15-14-7-11-25-16(14)19(15)8-5-6-9-19/h14-16H,4-13H2,1-3H3,(H,20,21). The number of nitrogens with zero attached hydrogens (tertiary/aromatic N) is 2. The Morgan fingerprint density at radius 2 is 2.04 bits per heavy atom. The van der Waals surface area contributed by atoms with Crippen LogP contribution in [0.3, 0.4) is 0 Å². The number of guanidine groups is 1. The fourth-order valence-corrected chi connectivity index (χ4v) is 7.12. The van der Waals surface area contributed by atoms with Crippen LogP contribution in [0.1, 0.15) is 52.9 Å². The van der Waals surface area contributed by atoms with E-state index in [1.54, 1.807) is 0 Å². The lowest BCUT2D eigenvalue weighted by Gasteiger charge is -2.57. The molecule has 3 atom stereocenters. The first kappa shape index (κ1) is 18.5. The van der Waals surface area contributed by atoms with Gasteiger partial charge in [0.1, 0.15) is 0 Å². The highest BCUT2D eigenvalue weighted by Gasteiger charge is 2.65. The number of hydrogen-bond acceptors (Lipinski definition) is 4. The molecule has 6 nitrogen and oxygen atoms in total. The molecule has 4 aliphatic rings. The minimum atomic E-state index is -3.04. The van der Waals surface area contributed by atoms with E-state index in [1.165, 1.54) is 25.7 Å². The third-order valence-electron chi connectivity index (χ3n) is 7.22. The van der Waals surface area contributed by atoms with Crippen molar-refractivity contribution in [2.45, 2.75) is 69.8 Å². The fourth-order valence-electron chi connectivity index (χ4n) is 5.75. The summed E-state index contributed by atoms with van der Waals surface area (Å²) in [6, 6.07) is 0.421. The van der Waals surface area contributed by atoms with E-state index in [4.69, 9.17) is 9.73 Å². The van der Waals surface area contributed by atoms with Gasteiger partial charge < -0.3 is 15.0 Å². The van der Waals surface area contributed by atoms with Crippen LogP contribution in [0, 0.1) is 11.3 Å². The van der Waals surface area contributed by atoms with E-state index in [2.05, 4.69) is 10.2 Å². The summed E-state index contributed by atoms with van der Waals surface area (Å²) in [6.07, 6.45) is 6.61. The fraction of sp³-hybridized carbons (Fsp3) is 0.947. The van der Waals surface area contributed by atoms with Gasteiger partial charge in [-0.05, 0) is 40.0 Å². The molecule has 2 saturated carbocycles. The maximum absolute atomic E-state index is 12.4. The Kier molecular flexibility index (Phi) is 4.54. The Hall–Kier alpha value is -0.820. The van der Waals surface area contributed by atoms with Crippen molar-refractivity contribution in [3.8, 4) is 0 Å². The number of aliphatic imine (C=N–C) groups is 1. The number of sulfone groups is 1. The summed E-state index contributed by atoms with van der Waals surface area (Å²) < 4.78 is 30.1. The quantitative estimate of drug-likeness (QED) is 0.582. The maximum Gasteiger partial charge on any atom is 0.194 e. The molecule has 0 aromatic carbocycles. The van der Waals surface area contributed by atoms with Crippen molar-refractivity contribution >= 4 is 15.8 Å². The summed E-state index contributed by atoms with van der Waals surface area (Å²) >= 11 is 0. The van der Waals surface area contributed by atoms with Crippen molar-refractivity contribution in [1.29, 1.82) is 0 Å². The zero-order valence-electron chi connectivity index (χ0n) is 16.3. The average Bonchev–Trinajstić information content (AvgIpc) is 3.22.